The third-order valence-electron chi connectivity index (χ3n) is 4.25. The van der Waals surface area contributed by atoms with E-state index in [-0.39, 0.29) is 0 Å². The molecule has 2 aromatic rings. The maximum atomic E-state index is 11.4. The molecule has 1 aromatic heterocycles. The average molecular weight is 343 g/mol. The van der Waals surface area contributed by atoms with Crippen LogP contribution in [0.1, 0.15) is 12.8 Å². The Bertz CT molecular complexity index is 759. The quantitative estimate of drug-likeness (QED) is 0.840. The Kier molecular flexibility index (Phi) is 5.27. The molecular weight excluding hydrogens is 322 g/mol. The van der Waals surface area contributed by atoms with Crippen LogP contribution >= 0.6 is 0 Å². The molecule has 1 saturated heterocycles. The van der Waals surface area contributed by atoms with E-state index < -0.39 is 18.6 Å². The first kappa shape index (κ1) is 16.9. The number of hydrogen-bond acceptors (Lipinski definition) is 6. The van der Waals surface area contributed by atoms with Gasteiger partial charge in [-0.1, -0.05) is 12.1 Å². The second-order valence-corrected chi connectivity index (χ2v) is 6.07. The van der Waals surface area contributed by atoms with Crippen LogP contribution in [0.2, 0.25) is 0 Å². The highest BCUT2D eigenvalue weighted by Gasteiger charge is 2.21. The first-order valence-electron chi connectivity index (χ1n) is 8.27. The number of fused-ring (bicyclic) bond motifs is 1. The molecule has 2 heterocycles. The molecule has 3 N–H and O–H groups in total. The highest BCUT2D eigenvalue weighted by atomic mass is 16.6. The molecular formula is C17H21N5O3. The monoisotopic (exact) mass is 343 g/mol. The lowest BCUT2D eigenvalue weighted by atomic mass is 9.97. The molecule has 1 aliphatic rings. The summed E-state index contributed by atoms with van der Waals surface area (Å²) in [5, 5.41) is 2.67. The molecule has 0 bridgehead atoms. The van der Waals surface area contributed by atoms with Gasteiger partial charge in [0, 0.05) is 19.6 Å². The highest BCUT2D eigenvalue weighted by molar-refractivity contribution is 5.78. The highest BCUT2D eigenvalue weighted by Crippen LogP contribution is 2.22. The van der Waals surface area contributed by atoms with Crippen LogP contribution in [0.15, 0.2) is 30.5 Å². The standard InChI is InChI=1S/C17H21N5O3/c18-15(23)11-25-17(24)20-9-12-5-7-22(8-6-12)16-10-19-13-3-1-2-4-14(13)21-16/h1-4,10,12H,5-9,11H2,(H2,18,23)(H,20,24). The molecule has 1 aliphatic heterocycles. The first-order valence-corrected chi connectivity index (χ1v) is 8.27. The van der Waals surface area contributed by atoms with E-state index in [0.717, 1.165) is 42.8 Å². The normalized spacial score (nSPS) is 15.1. The van der Waals surface area contributed by atoms with Crippen LogP contribution in [-0.4, -0.2) is 48.2 Å². The number of alkyl carbamates (subject to hydrolysis) is 1. The maximum absolute atomic E-state index is 11.4. The number of rotatable bonds is 5. The van der Waals surface area contributed by atoms with Crippen LogP contribution in [0.25, 0.3) is 11.0 Å². The number of primary amides is 1. The lowest BCUT2D eigenvalue weighted by molar-refractivity contribution is -0.120. The fraction of sp³-hybridized carbons (Fsp3) is 0.412. The number of benzene rings is 1. The van der Waals surface area contributed by atoms with Crippen molar-refractivity contribution in [2.45, 2.75) is 12.8 Å². The van der Waals surface area contributed by atoms with Crippen molar-refractivity contribution in [1.82, 2.24) is 15.3 Å². The van der Waals surface area contributed by atoms with Crippen LogP contribution in [0.3, 0.4) is 0 Å². The van der Waals surface area contributed by atoms with Crippen molar-refractivity contribution in [3.63, 3.8) is 0 Å². The Morgan fingerprint density at radius 3 is 2.68 bits per heavy atom. The van der Waals surface area contributed by atoms with Gasteiger partial charge in [0.1, 0.15) is 5.82 Å². The van der Waals surface area contributed by atoms with Crippen molar-refractivity contribution in [2.24, 2.45) is 11.7 Å². The Labute approximate surface area is 145 Å². The number of piperidine rings is 1. The predicted octanol–water partition coefficient (Wildman–Crippen LogP) is 1.06. The largest absolute Gasteiger partial charge is 0.439 e. The minimum atomic E-state index is -0.667. The van der Waals surface area contributed by atoms with Crippen LogP contribution in [-0.2, 0) is 9.53 Å². The Hall–Kier alpha value is -2.90. The van der Waals surface area contributed by atoms with Gasteiger partial charge in [-0.3, -0.25) is 9.78 Å². The zero-order valence-corrected chi connectivity index (χ0v) is 13.9. The summed E-state index contributed by atoms with van der Waals surface area (Å²) >= 11 is 0. The third kappa shape index (κ3) is 4.56. The molecule has 0 aliphatic carbocycles. The SMILES string of the molecule is NC(=O)COC(=O)NCC1CCN(c2cnc3ccccc3n2)CC1. The summed E-state index contributed by atoms with van der Waals surface area (Å²) in [5.41, 5.74) is 6.70. The predicted molar refractivity (Wildman–Crippen MR) is 93.0 cm³/mol. The third-order valence-corrected chi connectivity index (χ3v) is 4.25. The first-order chi connectivity index (χ1) is 12.1. The molecule has 132 valence electrons. The van der Waals surface area contributed by atoms with Gasteiger partial charge in [-0.15, -0.1) is 0 Å². The number of nitrogens with one attached hydrogen (secondary N) is 1. The molecule has 0 saturated carbocycles. The molecule has 0 radical (unpaired) electrons. The van der Waals surface area contributed by atoms with Crippen LogP contribution in [0, 0.1) is 5.92 Å². The molecule has 0 spiro atoms. The lowest BCUT2D eigenvalue weighted by Crippen LogP contribution is -2.39. The van der Waals surface area contributed by atoms with Crippen molar-refractivity contribution in [1.29, 1.82) is 0 Å². The molecule has 25 heavy (non-hydrogen) atoms. The fourth-order valence-electron chi connectivity index (χ4n) is 2.88. The molecule has 0 atom stereocenters. The number of para-hydroxylation sites is 2. The van der Waals surface area contributed by atoms with E-state index in [0.29, 0.717) is 12.5 Å². The van der Waals surface area contributed by atoms with Crippen molar-refractivity contribution in [2.75, 3.05) is 31.1 Å². The summed E-state index contributed by atoms with van der Waals surface area (Å²) in [6, 6.07) is 7.81. The van der Waals surface area contributed by atoms with E-state index >= 15 is 0 Å². The number of carbonyl (C=O) groups excluding carboxylic acids is 2. The van der Waals surface area contributed by atoms with Gasteiger partial charge < -0.3 is 20.7 Å². The van der Waals surface area contributed by atoms with Gasteiger partial charge in [0.2, 0.25) is 0 Å². The Morgan fingerprint density at radius 2 is 1.96 bits per heavy atom. The number of hydrogen-bond donors (Lipinski definition) is 2. The zero-order chi connectivity index (χ0) is 17.6. The van der Waals surface area contributed by atoms with E-state index in [2.05, 4.69) is 24.9 Å². The second kappa shape index (κ2) is 7.78. The minimum absolute atomic E-state index is 0.366. The number of nitrogens with zero attached hydrogens (tertiary/aromatic N) is 3. The minimum Gasteiger partial charge on any atom is -0.439 e. The summed E-state index contributed by atoms with van der Waals surface area (Å²) in [4.78, 5) is 33.3. The molecule has 1 aromatic carbocycles. The van der Waals surface area contributed by atoms with E-state index in [1.54, 1.807) is 0 Å². The molecule has 3 rings (SSSR count). The molecule has 8 nitrogen and oxygen atoms in total. The Morgan fingerprint density at radius 1 is 1.24 bits per heavy atom. The Balaban J connectivity index is 1.48. The van der Waals surface area contributed by atoms with E-state index in [4.69, 9.17) is 5.73 Å². The maximum Gasteiger partial charge on any atom is 0.407 e. The number of nitrogens with two attached hydrogens (primary N) is 1. The van der Waals surface area contributed by atoms with Crippen LogP contribution < -0.4 is 16.0 Å². The van der Waals surface area contributed by atoms with Crippen LogP contribution in [0.5, 0.6) is 0 Å². The molecule has 8 heteroatoms. The summed E-state index contributed by atoms with van der Waals surface area (Å²) in [6.07, 6.45) is 3.07. The van der Waals surface area contributed by atoms with Gasteiger partial charge in [0.05, 0.1) is 17.2 Å². The van der Waals surface area contributed by atoms with Gasteiger partial charge >= 0.3 is 6.09 Å². The topological polar surface area (TPSA) is 110 Å². The molecule has 1 fully saturated rings. The van der Waals surface area contributed by atoms with Crippen molar-refractivity contribution in [3.8, 4) is 0 Å². The van der Waals surface area contributed by atoms with E-state index in [1.807, 2.05) is 30.5 Å². The number of anilines is 1. The number of ether oxygens (including phenoxy) is 1. The fourth-order valence-corrected chi connectivity index (χ4v) is 2.88. The number of carbonyl (C=O) groups is 2. The van der Waals surface area contributed by atoms with Crippen LogP contribution in [0.4, 0.5) is 10.6 Å². The van der Waals surface area contributed by atoms with Crippen molar-refractivity contribution in [3.05, 3.63) is 30.5 Å². The van der Waals surface area contributed by atoms with Gasteiger partial charge in [-0.05, 0) is 30.9 Å². The molecule has 2 amide bonds. The average Bonchev–Trinajstić information content (AvgIpc) is 2.64. The number of aromatic nitrogens is 2. The summed E-state index contributed by atoms with van der Waals surface area (Å²) in [6.45, 7) is 1.84. The van der Waals surface area contributed by atoms with Crippen molar-refractivity contribution >= 4 is 28.9 Å². The van der Waals surface area contributed by atoms with Gasteiger partial charge in [0.25, 0.3) is 5.91 Å². The van der Waals surface area contributed by atoms with Gasteiger partial charge in [-0.25, -0.2) is 9.78 Å². The van der Waals surface area contributed by atoms with E-state index in [9.17, 15) is 9.59 Å². The van der Waals surface area contributed by atoms with Crippen molar-refractivity contribution < 1.29 is 14.3 Å². The summed E-state index contributed by atoms with van der Waals surface area (Å²) in [7, 11) is 0. The summed E-state index contributed by atoms with van der Waals surface area (Å²) in [5.74, 6) is 0.580. The molecule has 0 unspecified atom stereocenters. The zero-order valence-electron chi connectivity index (χ0n) is 13.9. The smallest absolute Gasteiger partial charge is 0.407 e. The van der Waals surface area contributed by atoms with Gasteiger partial charge in [0.15, 0.2) is 6.61 Å². The van der Waals surface area contributed by atoms with E-state index in [1.165, 1.54) is 0 Å². The van der Waals surface area contributed by atoms with Gasteiger partial charge in [-0.2, -0.15) is 0 Å². The second-order valence-electron chi connectivity index (χ2n) is 6.07. The lowest BCUT2D eigenvalue weighted by Gasteiger charge is -2.32. The summed E-state index contributed by atoms with van der Waals surface area (Å²) < 4.78 is 4.67. The number of amides is 2.